The van der Waals surface area contributed by atoms with E-state index in [9.17, 15) is 0 Å². The van der Waals surface area contributed by atoms with E-state index in [2.05, 4.69) is 36.5 Å². The Morgan fingerprint density at radius 2 is 2.00 bits per heavy atom. The zero-order valence-corrected chi connectivity index (χ0v) is 11.4. The molecule has 2 rings (SSSR count). The van der Waals surface area contributed by atoms with Crippen LogP contribution in [0.15, 0.2) is 41.8 Å². The fourth-order valence-corrected chi connectivity index (χ4v) is 3.07. The van der Waals surface area contributed by atoms with Gasteiger partial charge in [0.2, 0.25) is 0 Å². The Bertz CT molecular complexity index is 452. The van der Waals surface area contributed by atoms with Crippen LogP contribution in [0.1, 0.15) is 29.8 Å². The molecule has 0 saturated heterocycles. The zero-order chi connectivity index (χ0) is 12.1. The molecule has 0 bridgehead atoms. The van der Waals surface area contributed by atoms with Gasteiger partial charge in [0.25, 0.3) is 0 Å². The van der Waals surface area contributed by atoms with Gasteiger partial charge in [-0.1, -0.05) is 48.9 Å². The van der Waals surface area contributed by atoms with E-state index in [4.69, 9.17) is 11.6 Å². The molecule has 0 aliphatic carbocycles. The van der Waals surface area contributed by atoms with Crippen molar-refractivity contribution in [3.63, 3.8) is 0 Å². The molecule has 1 heterocycles. The van der Waals surface area contributed by atoms with Gasteiger partial charge in [-0.25, -0.2) is 0 Å². The maximum Gasteiger partial charge on any atom is 0.0686 e. The van der Waals surface area contributed by atoms with E-state index >= 15 is 0 Å². The maximum atomic E-state index is 6.23. The third-order valence-corrected chi connectivity index (χ3v) is 4.06. The van der Waals surface area contributed by atoms with Crippen LogP contribution in [0, 0.1) is 0 Å². The van der Waals surface area contributed by atoms with Gasteiger partial charge in [-0.3, -0.25) is 0 Å². The lowest BCUT2D eigenvalue weighted by molar-refractivity contribution is 0.606. The molecule has 2 aromatic rings. The van der Waals surface area contributed by atoms with Crippen molar-refractivity contribution in [2.45, 2.75) is 19.4 Å². The number of thiophene rings is 1. The highest BCUT2D eigenvalue weighted by Gasteiger charge is 2.17. The summed E-state index contributed by atoms with van der Waals surface area (Å²) in [6, 6.07) is 12.6. The van der Waals surface area contributed by atoms with Crippen molar-refractivity contribution in [3.05, 3.63) is 57.2 Å². The molecule has 0 fully saturated rings. The van der Waals surface area contributed by atoms with Gasteiger partial charge >= 0.3 is 0 Å². The van der Waals surface area contributed by atoms with Crippen molar-refractivity contribution in [3.8, 4) is 0 Å². The van der Waals surface area contributed by atoms with Crippen LogP contribution >= 0.6 is 22.9 Å². The third-order valence-electron chi connectivity index (χ3n) is 2.64. The normalized spacial score (nSPS) is 12.6. The quantitative estimate of drug-likeness (QED) is 0.840. The summed E-state index contributed by atoms with van der Waals surface area (Å²) >= 11 is 7.94. The summed E-state index contributed by atoms with van der Waals surface area (Å²) < 4.78 is 0. The van der Waals surface area contributed by atoms with E-state index in [0.29, 0.717) is 0 Å². The summed E-state index contributed by atoms with van der Waals surface area (Å²) in [7, 11) is 0. The van der Waals surface area contributed by atoms with Crippen LogP contribution in [0.2, 0.25) is 5.02 Å². The molecule has 0 spiro atoms. The van der Waals surface area contributed by atoms with E-state index in [0.717, 1.165) is 18.0 Å². The van der Waals surface area contributed by atoms with Crippen molar-refractivity contribution in [2.24, 2.45) is 0 Å². The molecule has 3 heteroatoms. The largest absolute Gasteiger partial charge is 0.306 e. The minimum Gasteiger partial charge on any atom is -0.306 e. The Hall–Kier alpha value is -0.830. The average molecular weight is 266 g/mol. The number of benzene rings is 1. The molecule has 0 amide bonds. The van der Waals surface area contributed by atoms with Crippen LogP contribution in [0.25, 0.3) is 0 Å². The minimum atomic E-state index is 0.212. The fourth-order valence-electron chi connectivity index (χ4n) is 1.81. The van der Waals surface area contributed by atoms with E-state index in [1.165, 1.54) is 10.4 Å². The van der Waals surface area contributed by atoms with Crippen LogP contribution in [-0.2, 0) is 0 Å². The number of rotatable bonds is 5. The highest BCUT2D eigenvalue weighted by atomic mass is 35.5. The Balaban J connectivity index is 2.29. The van der Waals surface area contributed by atoms with Gasteiger partial charge in [-0.15, -0.1) is 11.3 Å². The average Bonchev–Trinajstić information content (AvgIpc) is 2.78. The summed E-state index contributed by atoms with van der Waals surface area (Å²) in [5.41, 5.74) is 1.27. The van der Waals surface area contributed by atoms with Crippen LogP contribution in [0.3, 0.4) is 0 Å². The van der Waals surface area contributed by atoms with Crippen LogP contribution in [0.4, 0.5) is 0 Å². The van der Waals surface area contributed by atoms with Crippen LogP contribution < -0.4 is 5.32 Å². The Kier molecular flexibility index (Phi) is 4.60. The second-order valence-electron chi connectivity index (χ2n) is 3.93. The molecule has 0 aliphatic rings. The van der Waals surface area contributed by atoms with Crippen molar-refractivity contribution >= 4 is 22.9 Å². The molecule has 90 valence electrons. The summed E-state index contributed by atoms with van der Waals surface area (Å²) in [6.07, 6.45) is 1.12. The summed E-state index contributed by atoms with van der Waals surface area (Å²) in [5, 5.41) is 6.45. The lowest BCUT2D eigenvalue weighted by Crippen LogP contribution is -2.22. The predicted molar refractivity (Wildman–Crippen MR) is 75.9 cm³/mol. The molecule has 1 aromatic carbocycles. The van der Waals surface area contributed by atoms with E-state index in [1.54, 1.807) is 11.3 Å². The van der Waals surface area contributed by atoms with Crippen LogP contribution in [0.5, 0.6) is 0 Å². The molecule has 17 heavy (non-hydrogen) atoms. The lowest BCUT2D eigenvalue weighted by Gasteiger charge is -2.18. The first-order valence-electron chi connectivity index (χ1n) is 5.84. The number of hydrogen-bond acceptors (Lipinski definition) is 2. The van der Waals surface area contributed by atoms with Gasteiger partial charge in [0.05, 0.1) is 11.1 Å². The van der Waals surface area contributed by atoms with E-state index < -0.39 is 0 Å². The summed E-state index contributed by atoms with van der Waals surface area (Å²) in [6.45, 7) is 3.17. The molecule has 1 N–H and O–H groups in total. The van der Waals surface area contributed by atoms with Crippen LogP contribution in [-0.4, -0.2) is 6.54 Å². The Morgan fingerprint density at radius 1 is 1.24 bits per heavy atom. The van der Waals surface area contributed by atoms with Gasteiger partial charge in [-0.2, -0.15) is 0 Å². The number of hydrogen-bond donors (Lipinski definition) is 1. The first-order chi connectivity index (χ1) is 8.33. The Morgan fingerprint density at radius 3 is 2.59 bits per heavy atom. The highest BCUT2D eigenvalue weighted by Crippen LogP contribution is 2.32. The molecular formula is C14H16ClNS. The maximum absolute atomic E-state index is 6.23. The van der Waals surface area contributed by atoms with Gasteiger partial charge in [0, 0.05) is 4.88 Å². The zero-order valence-electron chi connectivity index (χ0n) is 9.82. The first kappa shape index (κ1) is 12.6. The minimum absolute atomic E-state index is 0.212. The van der Waals surface area contributed by atoms with Crippen molar-refractivity contribution in [2.75, 3.05) is 6.54 Å². The Labute approximate surface area is 111 Å². The second kappa shape index (κ2) is 6.20. The standard InChI is InChI=1S/C14H16ClNS/c1-2-9-16-13(11-6-4-3-5-7-11)14-12(15)8-10-17-14/h3-8,10,13,16H,2,9H2,1H3. The smallest absolute Gasteiger partial charge is 0.0686 e. The van der Waals surface area contributed by atoms with E-state index in [-0.39, 0.29) is 6.04 Å². The first-order valence-corrected chi connectivity index (χ1v) is 7.10. The fraction of sp³-hybridized carbons (Fsp3) is 0.286. The second-order valence-corrected chi connectivity index (χ2v) is 5.29. The van der Waals surface area contributed by atoms with Gasteiger partial charge in [-0.05, 0) is 30.0 Å². The third kappa shape index (κ3) is 3.09. The topological polar surface area (TPSA) is 12.0 Å². The van der Waals surface area contributed by atoms with Crippen molar-refractivity contribution < 1.29 is 0 Å². The van der Waals surface area contributed by atoms with Crippen molar-refractivity contribution in [1.82, 2.24) is 5.32 Å². The SMILES string of the molecule is CCCNC(c1ccccc1)c1sccc1Cl. The predicted octanol–water partition coefficient (Wildman–Crippen LogP) is 4.49. The van der Waals surface area contributed by atoms with Crippen molar-refractivity contribution in [1.29, 1.82) is 0 Å². The molecule has 1 aromatic heterocycles. The number of halogens is 1. The molecular weight excluding hydrogens is 250 g/mol. The molecule has 1 atom stereocenters. The highest BCUT2D eigenvalue weighted by molar-refractivity contribution is 7.10. The number of nitrogens with one attached hydrogen (secondary N) is 1. The van der Waals surface area contributed by atoms with Gasteiger partial charge in [0.1, 0.15) is 0 Å². The molecule has 1 unspecified atom stereocenters. The summed E-state index contributed by atoms with van der Waals surface area (Å²) in [4.78, 5) is 1.20. The molecule has 0 saturated carbocycles. The van der Waals surface area contributed by atoms with Gasteiger partial charge < -0.3 is 5.32 Å². The molecule has 0 aliphatic heterocycles. The van der Waals surface area contributed by atoms with E-state index in [1.807, 2.05) is 17.5 Å². The molecule has 1 nitrogen and oxygen atoms in total. The lowest BCUT2D eigenvalue weighted by atomic mass is 10.1. The van der Waals surface area contributed by atoms with Gasteiger partial charge in [0.15, 0.2) is 0 Å². The molecule has 0 radical (unpaired) electrons. The monoisotopic (exact) mass is 265 g/mol. The summed E-state index contributed by atoms with van der Waals surface area (Å²) in [5.74, 6) is 0.